The molecule has 70 heavy (non-hydrogen) atoms. The number of fused-ring (bicyclic) bond motifs is 6. The van der Waals surface area contributed by atoms with Crippen LogP contribution < -0.4 is 0 Å². The quantitative estimate of drug-likeness (QED) is 0.0290. The minimum atomic E-state index is 0.973. The summed E-state index contributed by atoms with van der Waals surface area (Å²) in [5, 5.41) is 7.80. The summed E-state index contributed by atoms with van der Waals surface area (Å²) >= 11 is 11.2. The maximum absolute atomic E-state index is 5.65. The molecule has 0 fully saturated rings. The molecule has 0 aliphatic heterocycles. The highest BCUT2D eigenvalue weighted by Gasteiger charge is 2.26. The van der Waals surface area contributed by atoms with Crippen LogP contribution in [0.4, 0.5) is 0 Å². The molecule has 0 bridgehead atoms. The standard InChI is InChI=1S/C62H84Br2N4S2/c1-3-5-7-9-11-13-15-17-19-21-23-25-27-29-31-33-45-67-59-49-39-35-38-48-55(49)56-47(57(59)65-61(67)51-41-43-53(63)69-51)37-36-40-50(56)60-58(48)66-62(52-42-44-54(64)70-52)68(60)46-34-32-30-28-26-24-22-20-18-16-14-12-10-8-6-4-2/h35-44H,3-34,45-46H2,1-2H3. The molecule has 4 aromatic carbocycles. The molecular formula is C62H84Br2N4S2. The average molecular weight is 1110 g/mol. The van der Waals surface area contributed by atoms with E-state index in [0.29, 0.717) is 0 Å². The van der Waals surface area contributed by atoms with Crippen LogP contribution in [-0.4, -0.2) is 19.1 Å². The summed E-state index contributed by atoms with van der Waals surface area (Å²) < 4.78 is 7.47. The lowest BCUT2D eigenvalue weighted by molar-refractivity contribution is 0.523. The molecule has 0 radical (unpaired) electrons. The maximum Gasteiger partial charge on any atom is 0.151 e. The van der Waals surface area contributed by atoms with Gasteiger partial charge in [-0.05, 0) is 69.0 Å². The van der Waals surface area contributed by atoms with E-state index in [4.69, 9.17) is 9.97 Å². The second-order valence-electron chi connectivity index (χ2n) is 20.8. The highest BCUT2D eigenvalue weighted by Crippen LogP contribution is 2.47. The van der Waals surface area contributed by atoms with E-state index in [1.54, 1.807) is 22.7 Å². The van der Waals surface area contributed by atoms with Crippen molar-refractivity contribution in [2.75, 3.05) is 0 Å². The molecule has 0 amide bonds. The zero-order valence-electron chi connectivity index (χ0n) is 43.2. The van der Waals surface area contributed by atoms with Crippen molar-refractivity contribution in [2.24, 2.45) is 0 Å². The van der Waals surface area contributed by atoms with Crippen LogP contribution in [0, 0.1) is 0 Å². The number of thiophene rings is 2. The van der Waals surface area contributed by atoms with Crippen LogP contribution >= 0.6 is 54.5 Å². The number of nitrogens with zero attached hydrogens (tertiary/aromatic N) is 4. The predicted octanol–water partition coefficient (Wildman–Crippen LogP) is 22.8. The van der Waals surface area contributed by atoms with Crippen LogP contribution in [0.25, 0.3) is 75.8 Å². The van der Waals surface area contributed by atoms with Crippen molar-refractivity contribution >= 4 is 109 Å². The van der Waals surface area contributed by atoms with Crippen molar-refractivity contribution in [3.8, 4) is 21.4 Å². The van der Waals surface area contributed by atoms with E-state index in [2.05, 4.69) is 116 Å². The van der Waals surface area contributed by atoms with Gasteiger partial charge in [-0.2, -0.15) is 0 Å². The fourth-order valence-corrected chi connectivity index (χ4v) is 14.3. The van der Waals surface area contributed by atoms with Crippen LogP contribution in [-0.2, 0) is 13.1 Å². The Hall–Kier alpha value is -2.78. The Balaban J connectivity index is 0.964. The van der Waals surface area contributed by atoms with E-state index in [1.165, 1.54) is 246 Å². The van der Waals surface area contributed by atoms with Gasteiger partial charge in [-0.25, -0.2) is 9.97 Å². The number of halogens is 2. The lowest BCUT2D eigenvalue weighted by Crippen LogP contribution is -2.02. The fourth-order valence-electron chi connectivity index (χ4n) is 11.6. The summed E-state index contributed by atoms with van der Waals surface area (Å²) in [6.07, 6.45) is 44.2. The average Bonchev–Trinajstić information content (AvgIpc) is 4.19. The first-order valence-corrected chi connectivity index (χ1v) is 31.8. The van der Waals surface area contributed by atoms with Crippen LogP contribution in [0.2, 0.25) is 0 Å². The number of rotatable bonds is 36. The zero-order valence-corrected chi connectivity index (χ0v) is 48.0. The molecule has 8 aromatic rings. The third-order valence-corrected chi connectivity index (χ3v) is 18.6. The fraction of sp³-hybridized carbons (Fsp3) is 0.581. The predicted molar refractivity (Wildman–Crippen MR) is 318 cm³/mol. The number of benzene rings is 4. The SMILES string of the molecule is CCCCCCCCCCCCCCCCCCn1c(-c2ccc(Br)s2)nc2c3cccc4c3c3c(cccc3c21)c1nc(-c2ccc(Br)s2)n(CCCCCCCCCCCCCCCCCC)c41. The van der Waals surface area contributed by atoms with Crippen molar-refractivity contribution in [1.82, 2.24) is 19.1 Å². The molecule has 8 rings (SSSR count). The number of unbranched alkanes of at least 4 members (excludes halogenated alkanes) is 30. The monoisotopic (exact) mass is 1110 g/mol. The van der Waals surface area contributed by atoms with E-state index in [9.17, 15) is 0 Å². The largest absolute Gasteiger partial charge is 0.323 e. The van der Waals surface area contributed by atoms with E-state index >= 15 is 0 Å². The number of aryl methyl sites for hydroxylation is 2. The number of aromatic nitrogens is 4. The third-order valence-electron chi connectivity index (χ3n) is 15.4. The van der Waals surface area contributed by atoms with Gasteiger partial charge in [-0.3, -0.25) is 0 Å². The van der Waals surface area contributed by atoms with Crippen molar-refractivity contribution < 1.29 is 0 Å². The first kappa shape index (κ1) is 53.5. The van der Waals surface area contributed by atoms with Gasteiger partial charge in [-0.15, -0.1) is 22.7 Å². The Morgan fingerprint density at radius 2 is 0.643 bits per heavy atom. The summed E-state index contributed by atoms with van der Waals surface area (Å²) in [5.74, 6) is 2.20. The van der Waals surface area contributed by atoms with Gasteiger partial charge in [0.05, 0.1) is 39.4 Å². The second kappa shape index (κ2) is 28.6. The maximum atomic E-state index is 5.65. The minimum absolute atomic E-state index is 0.973. The van der Waals surface area contributed by atoms with Gasteiger partial charge >= 0.3 is 0 Å². The molecular weight excluding hydrogens is 1020 g/mol. The highest BCUT2D eigenvalue weighted by atomic mass is 79.9. The Kier molecular flexibility index (Phi) is 21.9. The number of hydrogen-bond acceptors (Lipinski definition) is 4. The van der Waals surface area contributed by atoms with Gasteiger partial charge in [0.1, 0.15) is 0 Å². The molecule has 4 nitrogen and oxygen atoms in total. The molecule has 0 spiro atoms. The molecule has 0 atom stereocenters. The molecule has 0 aliphatic carbocycles. The molecule has 0 saturated heterocycles. The van der Waals surface area contributed by atoms with Crippen LogP contribution in [0.1, 0.15) is 219 Å². The molecule has 0 aliphatic rings. The Morgan fingerprint density at radius 3 is 0.929 bits per heavy atom. The van der Waals surface area contributed by atoms with E-state index in [0.717, 1.165) is 56.2 Å². The summed E-state index contributed by atoms with van der Waals surface area (Å²) in [4.78, 5) is 13.7. The van der Waals surface area contributed by atoms with E-state index < -0.39 is 0 Å². The van der Waals surface area contributed by atoms with Gasteiger partial charge < -0.3 is 9.13 Å². The lowest BCUT2D eigenvalue weighted by atomic mass is 9.91. The van der Waals surface area contributed by atoms with Crippen LogP contribution in [0.5, 0.6) is 0 Å². The molecule has 8 heteroatoms. The smallest absolute Gasteiger partial charge is 0.151 e. The minimum Gasteiger partial charge on any atom is -0.323 e. The first-order chi connectivity index (χ1) is 34.6. The first-order valence-electron chi connectivity index (χ1n) is 28.6. The summed E-state index contributed by atoms with van der Waals surface area (Å²) in [6, 6.07) is 22.9. The zero-order chi connectivity index (χ0) is 48.3. The van der Waals surface area contributed by atoms with Gasteiger partial charge in [0, 0.05) is 45.4 Å². The lowest BCUT2D eigenvalue weighted by Gasteiger charge is -2.16. The normalized spacial score (nSPS) is 12.2. The third kappa shape index (κ3) is 13.9. The molecule has 0 saturated carbocycles. The van der Waals surface area contributed by atoms with E-state index in [-0.39, 0.29) is 0 Å². The van der Waals surface area contributed by atoms with Crippen LogP contribution in [0.3, 0.4) is 0 Å². The molecule has 378 valence electrons. The van der Waals surface area contributed by atoms with Crippen molar-refractivity contribution in [2.45, 2.75) is 232 Å². The summed E-state index contributed by atoms with van der Waals surface area (Å²) in [7, 11) is 0. The molecule has 4 heterocycles. The summed E-state index contributed by atoms with van der Waals surface area (Å²) in [6.45, 7) is 6.56. The van der Waals surface area contributed by atoms with Crippen molar-refractivity contribution in [3.63, 3.8) is 0 Å². The van der Waals surface area contributed by atoms with Crippen molar-refractivity contribution in [3.05, 3.63) is 68.2 Å². The molecule has 0 N–H and O–H groups in total. The molecule has 0 unspecified atom stereocenters. The Bertz CT molecular complexity index is 2580. The van der Waals surface area contributed by atoms with E-state index in [1.807, 2.05) is 0 Å². The Labute approximate surface area is 446 Å². The second-order valence-corrected chi connectivity index (χ2v) is 25.8. The molecule has 4 aromatic heterocycles. The number of imidazole rings is 2. The highest BCUT2D eigenvalue weighted by molar-refractivity contribution is 9.11. The van der Waals surface area contributed by atoms with Crippen molar-refractivity contribution in [1.29, 1.82) is 0 Å². The topological polar surface area (TPSA) is 35.6 Å². The van der Waals surface area contributed by atoms with Gasteiger partial charge in [0.15, 0.2) is 11.6 Å². The number of hydrogen-bond donors (Lipinski definition) is 0. The Morgan fingerprint density at radius 1 is 0.357 bits per heavy atom. The van der Waals surface area contributed by atoms with Crippen LogP contribution in [0.15, 0.2) is 68.2 Å². The van der Waals surface area contributed by atoms with Gasteiger partial charge in [-0.1, -0.05) is 243 Å². The summed E-state index contributed by atoms with van der Waals surface area (Å²) in [5.41, 5.74) is 4.82. The van der Waals surface area contributed by atoms with Gasteiger partial charge in [0.2, 0.25) is 0 Å². The van der Waals surface area contributed by atoms with Gasteiger partial charge in [0.25, 0.3) is 0 Å².